The van der Waals surface area contributed by atoms with E-state index in [1.807, 2.05) is 0 Å². The number of halogens is 1. The minimum atomic E-state index is -0.931. The van der Waals surface area contributed by atoms with Crippen LogP contribution >= 0.6 is 22.6 Å². The summed E-state index contributed by atoms with van der Waals surface area (Å²) in [5.41, 5.74) is 0.258. The Kier molecular flexibility index (Phi) is 6.42. The van der Waals surface area contributed by atoms with E-state index in [4.69, 9.17) is 9.84 Å². The maximum Gasteiger partial charge on any atom is 0.335 e. The molecule has 1 N–H and O–H groups in total. The van der Waals surface area contributed by atoms with E-state index < -0.39 is 5.97 Å². The van der Waals surface area contributed by atoms with Crippen LogP contribution in [0.15, 0.2) is 18.2 Å². The molecule has 0 aliphatic heterocycles. The van der Waals surface area contributed by atoms with Crippen LogP contribution in [0.4, 0.5) is 0 Å². The summed E-state index contributed by atoms with van der Waals surface area (Å²) in [6.45, 7) is 7.62. The highest BCUT2D eigenvalue weighted by molar-refractivity contribution is 14.1. The van der Waals surface area contributed by atoms with Crippen LogP contribution in [-0.2, 0) is 0 Å². The van der Waals surface area contributed by atoms with Crippen LogP contribution in [0.2, 0.25) is 0 Å². The van der Waals surface area contributed by atoms with E-state index in [9.17, 15) is 4.79 Å². The number of carboxylic acid groups (broad SMARTS) is 1. The van der Waals surface area contributed by atoms with Crippen molar-refractivity contribution in [2.24, 2.45) is 0 Å². The smallest absolute Gasteiger partial charge is 0.335 e. The number of carbonyl (C=O) groups is 1. The molecule has 4 nitrogen and oxygen atoms in total. The SMILES string of the molecule is CCN(CC)CCOc1cc(C(=O)O)ccc1I. The number of hydrogen-bond acceptors (Lipinski definition) is 3. The van der Waals surface area contributed by atoms with Crippen molar-refractivity contribution in [3.63, 3.8) is 0 Å². The van der Waals surface area contributed by atoms with Gasteiger partial charge in [-0.15, -0.1) is 0 Å². The molecule has 0 aromatic heterocycles. The third kappa shape index (κ3) is 4.45. The van der Waals surface area contributed by atoms with Crippen molar-refractivity contribution in [1.29, 1.82) is 0 Å². The van der Waals surface area contributed by atoms with Crippen LogP contribution in [-0.4, -0.2) is 42.2 Å². The molecule has 0 saturated heterocycles. The highest BCUT2D eigenvalue weighted by Gasteiger charge is 2.08. The summed E-state index contributed by atoms with van der Waals surface area (Å²) in [4.78, 5) is 13.1. The van der Waals surface area contributed by atoms with Gasteiger partial charge < -0.3 is 14.7 Å². The average Bonchev–Trinajstić information content (AvgIpc) is 2.36. The van der Waals surface area contributed by atoms with Crippen LogP contribution in [0.25, 0.3) is 0 Å². The van der Waals surface area contributed by atoms with Crippen molar-refractivity contribution in [1.82, 2.24) is 4.90 Å². The van der Waals surface area contributed by atoms with Crippen molar-refractivity contribution in [2.75, 3.05) is 26.2 Å². The normalized spacial score (nSPS) is 10.7. The number of carboxylic acids is 1. The number of hydrogen-bond donors (Lipinski definition) is 1. The molecule has 1 aromatic carbocycles. The Bertz CT molecular complexity index is 405. The van der Waals surface area contributed by atoms with Gasteiger partial charge in [0.15, 0.2) is 0 Å². The van der Waals surface area contributed by atoms with Crippen LogP contribution in [0.3, 0.4) is 0 Å². The molecule has 0 aliphatic carbocycles. The summed E-state index contributed by atoms with van der Waals surface area (Å²) in [6.07, 6.45) is 0. The fourth-order valence-electron chi connectivity index (χ4n) is 1.57. The van der Waals surface area contributed by atoms with E-state index >= 15 is 0 Å². The standard InChI is InChI=1S/C13H18INO3/c1-3-15(4-2)7-8-18-12-9-10(13(16)17)5-6-11(12)14/h5-6,9H,3-4,7-8H2,1-2H3,(H,16,17). The number of ether oxygens (including phenoxy) is 1. The summed E-state index contributed by atoms with van der Waals surface area (Å²) >= 11 is 2.14. The lowest BCUT2D eigenvalue weighted by atomic mass is 10.2. The molecular formula is C13H18INO3. The summed E-state index contributed by atoms with van der Waals surface area (Å²) < 4.78 is 6.58. The average molecular weight is 363 g/mol. The Labute approximate surface area is 121 Å². The summed E-state index contributed by atoms with van der Waals surface area (Å²) in [5, 5.41) is 8.92. The zero-order chi connectivity index (χ0) is 13.5. The number of rotatable bonds is 7. The second kappa shape index (κ2) is 7.58. The minimum absolute atomic E-state index is 0.258. The van der Waals surface area contributed by atoms with Crippen LogP contribution < -0.4 is 4.74 Å². The molecule has 100 valence electrons. The first-order chi connectivity index (χ1) is 8.58. The molecule has 0 aliphatic rings. The maximum absolute atomic E-state index is 10.9. The third-order valence-corrected chi connectivity index (χ3v) is 3.63. The van der Waals surface area contributed by atoms with Gasteiger partial charge in [-0.3, -0.25) is 0 Å². The second-order valence-electron chi connectivity index (χ2n) is 3.83. The highest BCUT2D eigenvalue weighted by Crippen LogP contribution is 2.22. The van der Waals surface area contributed by atoms with E-state index in [0.717, 1.165) is 23.2 Å². The van der Waals surface area contributed by atoms with Gasteiger partial charge in [-0.2, -0.15) is 0 Å². The second-order valence-corrected chi connectivity index (χ2v) is 4.99. The lowest BCUT2D eigenvalue weighted by molar-refractivity contribution is 0.0696. The van der Waals surface area contributed by atoms with Gasteiger partial charge in [0.2, 0.25) is 0 Å². The Morgan fingerprint density at radius 2 is 2.06 bits per heavy atom. The van der Waals surface area contributed by atoms with E-state index in [0.29, 0.717) is 12.4 Å². The van der Waals surface area contributed by atoms with Gasteiger partial charge in [-0.1, -0.05) is 13.8 Å². The molecule has 0 saturated carbocycles. The molecule has 1 rings (SSSR count). The van der Waals surface area contributed by atoms with E-state index in [2.05, 4.69) is 41.3 Å². The largest absolute Gasteiger partial charge is 0.491 e. The van der Waals surface area contributed by atoms with Crippen molar-refractivity contribution in [2.45, 2.75) is 13.8 Å². The maximum atomic E-state index is 10.9. The summed E-state index contributed by atoms with van der Waals surface area (Å²) in [7, 11) is 0. The quantitative estimate of drug-likeness (QED) is 0.757. The predicted molar refractivity (Wildman–Crippen MR) is 79.4 cm³/mol. The molecule has 1 aromatic rings. The number of benzene rings is 1. The molecule has 0 spiro atoms. The molecule has 0 amide bonds. The van der Waals surface area contributed by atoms with Crippen molar-refractivity contribution in [3.05, 3.63) is 27.3 Å². The Balaban J connectivity index is 2.61. The zero-order valence-corrected chi connectivity index (χ0v) is 12.8. The van der Waals surface area contributed by atoms with Gasteiger partial charge in [0.1, 0.15) is 12.4 Å². The van der Waals surface area contributed by atoms with Gasteiger partial charge >= 0.3 is 5.97 Å². The molecule has 0 unspecified atom stereocenters. The van der Waals surface area contributed by atoms with E-state index in [-0.39, 0.29) is 5.56 Å². The van der Waals surface area contributed by atoms with Crippen LogP contribution in [0, 0.1) is 3.57 Å². The molecule has 0 atom stereocenters. The highest BCUT2D eigenvalue weighted by atomic mass is 127. The monoisotopic (exact) mass is 363 g/mol. The van der Waals surface area contributed by atoms with Gasteiger partial charge in [0.05, 0.1) is 9.13 Å². The lowest BCUT2D eigenvalue weighted by Gasteiger charge is -2.18. The first-order valence-corrected chi connectivity index (χ1v) is 7.04. The molecule has 18 heavy (non-hydrogen) atoms. The molecule has 0 heterocycles. The Hall–Kier alpha value is -0.820. The van der Waals surface area contributed by atoms with Gasteiger partial charge in [0, 0.05) is 6.54 Å². The van der Waals surface area contributed by atoms with Gasteiger partial charge in [-0.25, -0.2) is 4.79 Å². The van der Waals surface area contributed by atoms with E-state index in [1.165, 1.54) is 0 Å². The van der Waals surface area contributed by atoms with Gasteiger partial charge in [-0.05, 0) is 53.9 Å². The van der Waals surface area contributed by atoms with Crippen molar-refractivity contribution in [3.8, 4) is 5.75 Å². The first kappa shape index (κ1) is 15.2. The first-order valence-electron chi connectivity index (χ1n) is 5.96. The van der Waals surface area contributed by atoms with Crippen molar-refractivity contribution >= 4 is 28.6 Å². The summed E-state index contributed by atoms with van der Waals surface area (Å²) in [5.74, 6) is -0.289. The molecule has 0 fully saturated rings. The minimum Gasteiger partial charge on any atom is -0.491 e. The predicted octanol–water partition coefficient (Wildman–Crippen LogP) is 2.71. The number of aromatic carboxylic acids is 1. The molecule has 0 radical (unpaired) electrons. The Morgan fingerprint density at radius 1 is 1.39 bits per heavy atom. The molecular weight excluding hydrogens is 345 g/mol. The zero-order valence-electron chi connectivity index (χ0n) is 10.6. The summed E-state index contributed by atoms with van der Waals surface area (Å²) in [6, 6.07) is 4.92. The van der Waals surface area contributed by atoms with Crippen LogP contribution in [0.1, 0.15) is 24.2 Å². The third-order valence-electron chi connectivity index (χ3n) is 2.74. The molecule has 0 bridgehead atoms. The number of nitrogens with zero attached hydrogens (tertiary/aromatic N) is 1. The van der Waals surface area contributed by atoms with Crippen molar-refractivity contribution < 1.29 is 14.6 Å². The van der Waals surface area contributed by atoms with Crippen LogP contribution in [0.5, 0.6) is 5.75 Å². The lowest BCUT2D eigenvalue weighted by Crippen LogP contribution is -2.28. The van der Waals surface area contributed by atoms with E-state index in [1.54, 1.807) is 18.2 Å². The fraction of sp³-hybridized carbons (Fsp3) is 0.462. The van der Waals surface area contributed by atoms with Gasteiger partial charge in [0.25, 0.3) is 0 Å². The molecule has 5 heteroatoms. The fourth-order valence-corrected chi connectivity index (χ4v) is 2.06. The number of likely N-dealkylation sites (N-methyl/N-ethyl adjacent to an activating group) is 1. The Morgan fingerprint density at radius 3 is 2.61 bits per heavy atom. The topological polar surface area (TPSA) is 49.8 Å².